The van der Waals surface area contributed by atoms with Crippen molar-refractivity contribution in [3.05, 3.63) is 109 Å². The Balaban J connectivity index is 1.67. The van der Waals surface area contributed by atoms with E-state index in [1.165, 1.54) is 11.3 Å². The highest BCUT2D eigenvalue weighted by molar-refractivity contribution is 7.07. The number of amides is 1. The Labute approximate surface area is 217 Å². The number of nitrogens with zero attached hydrogens (tertiary/aromatic N) is 4. The van der Waals surface area contributed by atoms with Gasteiger partial charge in [-0.3, -0.25) is 18.8 Å². The van der Waals surface area contributed by atoms with Crippen molar-refractivity contribution in [1.29, 1.82) is 0 Å². The van der Waals surface area contributed by atoms with Gasteiger partial charge in [-0.15, -0.1) is 0 Å². The van der Waals surface area contributed by atoms with Gasteiger partial charge < -0.3 is 10.1 Å². The minimum Gasteiger partial charge on any atom is -0.497 e. The van der Waals surface area contributed by atoms with Crippen LogP contribution < -0.4 is 24.9 Å². The smallest absolute Gasteiger partial charge is 0.271 e. The lowest BCUT2D eigenvalue weighted by molar-refractivity contribution is -0.113. The number of nitrogens with one attached hydrogen (secondary N) is 1. The summed E-state index contributed by atoms with van der Waals surface area (Å²) in [6.45, 7) is 6.49. The third kappa shape index (κ3) is 4.65. The van der Waals surface area contributed by atoms with Crippen LogP contribution in [-0.4, -0.2) is 27.4 Å². The molecule has 2 aromatic carbocycles. The number of methoxy groups -OCH3 is 1. The summed E-state index contributed by atoms with van der Waals surface area (Å²) in [6, 6.07) is 16.0. The predicted octanol–water partition coefficient (Wildman–Crippen LogP) is 3.41. The van der Waals surface area contributed by atoms with Gasteiger partial charge in [-0.25, -0.2) is 4.99 Å². The van der Waals surface area contributed by atoms with Crippen molar-refractivity contribution in [3.63, 3.8) is 0 Å². The second-order valence-electron chi connectivity index (χ2n) is 8.70. The van der Waals surface area contributed by atoms with E-state index in [9.17, 15) is 9.59 Å². The van der Waals surface area contributed by atoms with Crippen LogP contribution in [0.2, 0.25) is 0 Å². The molecule has 5 rings (SSSR count). The average molecular weight is 514 g/mol. The van der Waals surface area contributed by atoms with Gasteiger partial charge in [0.2, 0.25) is 0 Å². The third-order valence-corrected chi connectivity index (χ3v) is 7.31. The Morgan fingerprint density at radius 1 is 1.14 bits per heavy atom. The van der Waals surface area contributed by atoms with Crippen molar-refractivity contribution < 1.29 is 9.53 Å². The first-order valence-electron chi connectivity index (χ1n) is 12.0. The molecule has 0 fully saturated rings. The Bertz CT molecular complexity index is 1680. The summed E-state index contributed by atoms with van der Waals surface area (Å²) in [5.74, 6) is 0.387. The number of aryl methyl sites for hydroxylation is 2. The Morgan fingerprint density at radius 3 is 2.51 bits per heavy atom. The summed E-state index contributed by atoms with van der Waals surface area (Å²) in [6.07, 6.45) is 3.78. The molecule has 1 atom stereocenters. The topological polar surface area (TPSA) is 90.5 Å². The van der Waals surface area contributed by atoms with Crippen molar-refractivity contribution in [2.24, 2.45) is 4.99 Å². The first-order valence-corrected chi connectivity index (χ1v) is 12.8. The van der Waals surface area contributed by atoms with Crippen molar-refractivity contribution in [2.45, 2.75) is 33.4 Å². The van der Waals surface area contributed by atoms with Gasteiger partial charge in [0.05, 0.1) is 34.6 Å². The van der Waals surface area contributed by atoms with Gasteiger partial charge in [0.1, 0.15) is 5.75 Å². The molecule has 37 heavy (non-hydrogen) atoms. The molecule has 3 heterocycles. The standard InChI is InChI=1S/C28H27N5O3S/c1-5-32-16-20(17(2)31-32)15-23-27(35)33-25(19-11-13-22(36-4)14-12-19)24(18(3)29-28(33)37-23)26(34)30-21-9-7-6-8-10-21/h6-16,25H,5H2,1-4H3,(H,30,34)/t25-/m0/s1. The summed E-state index contributed by atoms with van der Waals surface area (Å²) in [7, 11) is 1.60. The summed E-state index contributed by atoms with van der Waals surface area (Å²) >= 11 is 1.31. The fourth-order valence-electron chi connectivity index (χ4n) is 4.41. The molecule has 188 valence electrons. The molecule has 0 unspecified atom stereocenters. The number of carbonyl (C=O) groups excluding carboxylic acids is 1. The maximum atomic E-state index is 13.8. The lowest BCUT2D eigenvalue weighted by Gasteiger charge is -2.25. The van der Waals surface area contributed by atoms with E-state index < -0.39 is 6.04 Å². The molecule has 2 aromatic heterocycles. The number of ether oxygens (including phenoxy) is 1. The van der Waals surface area contributed by atoms with Crippen molar-refractivity contribution >= 4 is 29.0 Å². The van der Waals surface area contributed by atoms with Crippen LogP contribution in [0.3, 0.4) is 0 Å². The SMILES string of the molecule is CCn1cc(C=c2sc3n(c2=O)[C@@H](c2ccc(OC)cc2)C(C(=O)Nc2ccccc2)=C(C)N=3)c(C)n1. The average Bonchev–Trinajstić information content (AvgIpc) is 3.42. The number of benzene rings is 2. The third-order valence-electron chi connectivity index (χ3n) is 6.32. The minimum absolute atomic E-state index is 0.203. The summed E-state index contributed by atoms with van der Waals surface area (Å²) in [5, 5.41) is 7.45. The molecule has 1 aliphatic rings. The van der Waals surface area contributed by atoms with Crippen molar-refractivity contribution in [2.75, 3.05) is 12.4 Å². The number of thiazole rings is 1. The van der Waals surface area contributed by atoms with Gasteiger partial charge in [0.25, 0.3) is 11.5 Å². The molecule has 4 aromatic rings. The summed E-state index contributed by atoms with van der Waals surface area (Å²) in [4.78, 5) is 32.7. The molecule has 0 aliphatic carbocycles. The molecule has 0 saturated carbocycles. The van der Waals surface area contributed by atoms with Gasteiger partial charge in [-0.05, 0) is 56.7 Å². The van der Waals surface area contributed by atoms with E-state index in [2.05, 4.69) is 10.4 Å². The predicted molar refractivity (Wildman–Crippen MR) is 144 cm³/mol. The van der Waals surface area contributed by atoms with Crippen LogP contribution >= 0.6 is 11.3 Å². The fraction of sp³-hybridized carbons (Fsp3) is 0.214. The molecule has 1 amide bonds. The second kappa shape index (κ2) is 10.0. The van der Waals surface area contributed by atoms with Crippen LogP contribution in [0.1, 0.15) is 36.7 Å². The molecule has 0 spiro atoms. The number of rotatable bonds is 6. The Morgan fingerprint density at radius 2 is 1.86 bits per heavy atom. The van der Waals surface area contributed by atoms with E-state index >= 15 is 0 Å². The molecule has 1 aliphatic heterocycles. The van der Waals surface area contributed by atoms with Crippen LogP contribution in [0.4, 0.5) is 5.69 Å². The van der Waals surface area contributed by atoms with Crippen LogP contribution in [-0.2, 0) is 11.3 Å². The first kappa shape index (κ1) is 24.5. The van der Waals surface area contributed by atoms with Crippen LogP contribution in [0, 0.1) is 6.92 Å². The van der Waals surface area contributed by atoms with Crippen LogP contribution in [0.5, 0.6) is 5.75 Å². The number of hydrogen-bond acceptors (Lipinski definition) is 6. The number of fused-ring (bicyclic) bond motifs is 1. The zero-order chi connectivity index (χ0) is 26.1. The van der Waals surface area contributed by atoms with E-state index in [0.717, 1.165) is 23.4 Å². The molecule has 0 bridgehead atoms. The number of anilines is 1. The monoisotopic (exact) mass is 513 g/mol. The molecular formula is C28H27N5O3S. The van der Waals surface area contributed by atoms with E-state index in [-0.39, 0.29) is 11.5 Å². The molecule has 9 heteroatoms. The van der Waals surface area contributed by atoms with Crippen molar-refractivity contribution in [1.82, 2.24) is 14.3 Å². The van der Waals surface area contributed by atoms with Gasteiger partial charge in [0, 0.05) is 24.0 Å². The number of hydrogen-bond donors (Lipinski definition) is 1. The van der Waals surface area contributed by atoms with Crippen molar-refractivity contribution in [3.8, 4) is 5.75 Å². The van der Waals surface area contributed by atoms with Gasteiger partial charge >= 0.3 is 0 Å². The normalized spacial score (nSPS) is 15.4. The molecule has 1 N–H and O–H groups in total. The quantitative estimate of drug-likeness (QED) is 0.428. The molecule has 8 nitrogen and oxygen atoms in total. The van der Waals surface area contributed by atoms with E-state index in [4.69, 9.17) is 9.73 Å². The van der Waals surface area contributed by atoms with Gasteiger partial charge in [-0.1, -0.05) is 41.7 Å². The maximum Gasteiger partial charge on any atom is 0.271 e. The largest absolute Gasteiger partial charge is 0.497 e. The Hall–Kier alpha value is -4.24. The van der Waals surface area contributed by atoms with Gasteiger partial charge in [-0.2, -0.15) is 5.10 Å². The van der Waals surface area contributed by atoms with Gasteiger partial charge in [0.15, 0.2) is 4.80 Å². The van der Waals surface area contributed by atoms with Crippen LogP contribution in [0.25, 0.3) is 6.08 Å². The molecule has 0 saturated heterocycles. The van der Waals surface area contributed by atoms with E-state index in [1.807, 2.05) is 92.3 Å². The highest BCUT2D eigenvalue weighted by atomic mass is 32.1. The first-order chi connectivity index (χ1) is 17.9. The number of allylic oxidation sites excluding steroid dienone is 1. The molecule has 0 radical (unpaired) electrons. The zero-order valence-electron chi connectivity index (χ0n) is 21.1. The van der Waals surface area contributed by atoms with E-state index in [1.54, 1.807) is 11.7 Å². The second-order valence-corrected chi connectivity index (χ2v) is 9.71. The minimum atomic E-state index is -0.646. The Kier molecular flexibility index (Phi) is 6.62. The summed E-state index contributed by atoms with van der Waals surface area (Å²) in [5.41, 5.74) is 3.97. The number of aromatic nitrogens is 3. The number of carbonyl (C=O) groups is 1. The summed E-state index contributed by atoms with van der Waals surface area (Å²) < 4.78 is 9.32. The zero-order valence-corrected chi connectivity index (χ0v) is 21.9. The number of para-hydroxylation sites is 1. The molecular weight excluding hydrogens is 486 g/mol. The lowest BCUT2D eigenvalue weighted by atomic mass is 9.95. The maximum absolute atomic E-state index is 13.8. The van der Waals surface area contributed by atoms with E-state index in [0.29, 0.717) is 32.0 Å². The lowest BCUT2D eigenvalue weighted by Crippen LogP contribution is -2.40. The highest BCUT2D eigenvalue weighted by Gasteiger charge is 2.32. The highest BCUT2D eigenvalue weighted by Crippen LogP contribution is 2.31. The van der Waals surface area contributed by atoms with Crippen LogP contribution in [0.15, 0.2) is 81.9 Å². The fourth-order valence-corrected chi connectivity index (χ4v) is 5.45.